The molecule has 0 aliphatic rings. The molecule has 45 heavy (non-hydrogen) atoms. The third kappa shape index (κ3) is 6.80. The van der Waals surface area contributed by atoms with Gasteiger partial charge in [-0.3, -0.25) is 23.5 Å². The highest BCUT2D eigenvalue weighted by atomic mass is 16.5. The lowest BCUT2D eigenvalue weighted by atomic mass is 10.1. The maximum Gasteiger partial charge on any atom is 0.332 e. The molecule has 0 bridgehead atoms. The van der Waals surface area contributed by atoms with Crippen LogP contribution in [0.3, 0.4) is 0 Å². The molecule has 5 aromatic rings. The van der Waals surface area contributed by atoms with Crippen LogP contribution < -0.4 is 30.9 Å². The Balaban J connectivity index is 1.31. The fourth-order valence-corrected chi connectivity index (χ4v) is 5.10. The van der Waals surface area contributed by atoms with Crippen molar-refractivity contribution in [1.82, 2.24) is 14.5 Å². The molecular weight excluding hydrogens is 572 g/mol. The summed E-state index contributed by atoms with van der Waals surface area (Å²) < 4.78 is 13.1. The van der Waals surface area contributed by atoms with Crippen molar-refractivity contribution in [2.75, 3.05) is 32.7 Å². The van der Waals surface area contributed by atoms with E-state index in [1.165, 1.54) is 9.47 Å². The predicted molar refractivity (Wildman–Crippen MR) is 173 cm³/mol. The molecule has 0 fully saturated rings. The number of nitrogens with one attached hydrogen (secondary N) is 1. The number of likely N-dealkylation sites (N-methyl/N-ethyl adjacent to an activating group) is 1. The minimum Gasteiger partial charge on any atom is -0.493 e. The Bertz CT molecular complexity index is 1950. The largest absolute Gasteiger partial charge is 0.493 e. The number of rotatable bonds is 11. The SMILES string of the molecule is COc1ccc(CCNC(=O)c2ccc(Cn3c(=O)c4ccccc4n(CC(=O)N(C)c4ccccc4)c3=O)cc2)cc1OC. The van der Waals surface area contributed by atoms with Gasteiger partial charge in [-0.05, 0) is 66.1 Å². The van der Waals surface area contributed by atoms with Crippen molar-refractivity contribution in [3.05, 3.63) is 135 Å². The van der Waals surface area contributed by atoms with E-state index in [9.17, 15) is 19.2 Å². The summed E-state index contributed by atoms with van der Waals surface area (Å²) >= 11 is 0. The van der Waals surface area contributed by atoms with Crippen molar-refractivity contribution in [2.45, 2.75) is 19.5 Å². The topological polar surface area (TPSA) is 112 Å². The highest BCUT2D eigenvalue weighted by molar-refractivity contribution is 5.94. The molecule has 10 nitrogen and oxygen atoms in total. The lowest BCUT2D eigenvalue weighted by Gasteiger charge is -2.19. The highest BCUT2D eigenvalue weighted by Gasteiger charge is 2.18. The Hall–Kier alpha value is -5.64. The van der Waals surface area contributed by atoms with Crippen LogP contribution in [0.4, 0.5) is 5.69 Å². The van der Waals surface area contributed by atoms with Crippen LogP contribution in [0.2, 0.25) is 0 Å². The van der Waals surface area contributed by atoms with Gasteiger partial charge in [0.2, 0.25) is 5.91 Å². The number of aromatic nitrogens is 2. The number of amides is 2. The molecule has 4 aromatic carbocycles. The van der Waals surface area contributed by atoms with Gasteiger partial charge in [-0.25, -0.2) is 4.79 Å². The number of anilines is 1. The molecule has 0 saturated carbocycles. The molecule has 1 aromatic heterocycles. The number of hydrogen-bond acceptors (Lipinski definition) is 6. The third-order valence-corrected chi connectivity index (χ3v) is 7.65. The second-order valence-electron chi connectivity index (χ2n) is 10.5. The van der Waals surface area contributed by atoms with Gasteiger partial charge in [0.15, 0.2) is 11.5 Å². The summed E-state index contributed by atoms with van der Waals surface area (Å²) in [4.78, 5) is 54.5. The molecule has 2 amide bonds. The zero-order valence-corrected chi connectivity index (χ0v) is 25.4. The number of para-hydroxylation sites is 2. The average Bonchev–Trinajstić information content (AvgIpc) is 3.08. The Morgan fingerprint density at radius 3 is 2.16 bits per heavy atom. The zero-order chi connectivity index (χ0) is 31.9. The molecule has 0 radical (unpaired) electrons. The summed E-state index contributed by atoms with van der Waals surface area (Å²) in [6.45, 7) is 0.153. The molecule has 0 aliphatic carbocycles. The highest BCUT2D eigenvalue weighted by Crippen LogP contribution is 2.27. The fraction of sp³-hybridized carbons (Fsp3) is 0.200. The third-order valence-electron chi connectivity index (χ3n) is 7.65. The van der Waals surface area contributed by atoms with Crippen molar-refractivity contribution >= 4 is 28.4 Å². The molecule has 1 heterocycles. The van der Waals surface area contributed by atoms with Crippen molar-refractivity contribution in [3.8, 4) is 11.5 Å². The van der Waals surface area contributed by atoms with Gasteiger partial charge in [0, 0.05) is 24.8 Å². The molecule has 0 spiro atoms. The van der Waals surface area contributed by atoms with Gasteiger partial charge >= 0.3 is 5.69 Å². The first-order valence-electron chi connectivity index (χ1n) is 14.4. The Labute approximate surface area is 260 Å². The summed E-state index contributed by atoms with van der Waals surface area (Å²) in [6.07, 6.45) is 0.602. The quantitative estimate of drug-likeness (QED) is 0.245. The molecule has 0 unspecified atom stereocenters. The van der Waals surface area contributed by atoms with Crippen LogP contribution in [-0.4, -0.2) is 48.8 Å². The summed E-state index contributed by atoms with van der Waals surface area (Å²) in [6, 6.07) is 28.2. The maximum absolute atomic E-state index is 13.7. The van der Waals surface area contributed by atoms with Crippen LogP contribution in [-0.2, 0) is 24.3 Å². The normalized spacial score (nSPS) is 10.8. The Morgan fingerprint density at radius 1 is 0.778 bits per heavy atom. The first-order valence-corrected chi connectivity index (χ1v) is 14.4. The van der Waals surface area contributed by atoms with E-state index in [0.29, 0.717) is 52.2 Å². The molecule has 0 saturated heterocycles. The van der Waals surface area contributed by atoms with E-state index in [1.54, 1.807) is 69.8 Å². The number of fused-ring (bicyclic) bond motifs is 1. The number of benzene rings is 4. The molecule has 0 atom stereocenters. The Morgan fingerprint density at radius 2 is 1.44 bits per heavy atom. The van der Waals surface area contributed by atoms with E-state index < -0.39 is 11.2 Å². The van der Waals surface area contributed by atoms with Crippen molar-refractivity contribution in [3.63, 3.8) is 0 Å². The van der Waals surface area contributed by atoms with Crippen LogP contribution in [0.15, 0.2) is 107 Å². The van der Waals surface area contributed by atoms with Gasteiger partial charge in [-0.15, -0.1) is 0 Å². The van der Waals surface area contributed by atoms with Crippen molar-refractivity contribution in [2.24, 2.45) is 0 Å². The number of nitrogens with zero attached hydrogens (tertiary/aromatic N) is 3. The van der Waals surface area contributed by atoms with E-state index in [-0.39, 0.29) is 24.9 Å². The average molecular weight is 607 g/mol. The van der Waals surface area contributed by atoms with Gasteiger partial charge in [-0.2, -0.15) is 0 Å². The van der Waals surface area contributed by atoms with Gasteiger partial charge < -0.3 is 19.7 Å². The van der Waals surface area contributed by atoms with Gasteiger partial charge in [-0.1, -0.05) is 48.5 Å². The molecule has 0 aliphatic heterocycles. The monoisotopic (exact) mass is 606 g/mol. The number of hydrogen-bond donors (Lipinski definition) is 1. The van der Waals surface area contributed by atoms with E-state index >= 15 is 0 Å². The van der Waals surface area contributed by atoms with Crippen LogP contribution in [0, 0.1) is 0 Å². The summed E-state index contributed by atoms with van der Waals surface area (Å²) in [5, 5.41) is 3.24. The predicted octanol–water partition coefficient (Wildman–Crippen LogP) is 3.86. The second kappa shape index (κ2) is 13.8. The second-order valence-corrected chi connectivity index (χ2v) is 10.5. The lowest BCUT2D eigenvalue weighted by Crippen LogP contribution is -2.43. The summed E-state index contributed by atoms with van der Waals surface area (Å²) in [5.41, 5.74) is 2.13. The van der Waals surface area contributed by atoms with Crippen molar-refractivity contribution in [1.29, 1.82) is 0 Å². The molecule has 10 heteroatoms. The first kappa shape index (κ1) is 30.8. The summed E-state index contributed by atoms with van der Waals surface area (Å²) in [5.74, 6) is 0.716. The van der Waals surface area contributed by atoms with Crippen molar-refractivity contribution < 1.29 is 19.1 Å². The molecule has 5 rings (SSSR count). The number of carbonyl (C=O) groups is 2. The van der Waals surface area contributed by atoms with E-state index in [1.807, 2.05) is 48.5 Å². The molecule has 230 valence electrons. The summed E-state index contributed by atoms with van der Waals surface area (Å²) in [7, 11) is 4.80. The fourth-order valence-electron chi connectivity index (χ4n) is 5.10. The number of carbonyl (C=O) groups excluding carboxylic acids is 2. The van der Waals surface area contributed by atoms with Gasteiger partial charge in [0.1, 0.15) is 6.54 Å². The van der Waals surface area contributed by atoms with E-state index in [2.05, 4.69) is 5.32 Å². The van der Waals surface area contributed by atoms with Crippen LogP contribution >= 0.6 is 0 Å². The standard InChI is InChI=1S/C35H34N4O6/c1-37(27-9-5-4-6-10-27)32(40)23-38-29-12-8-7-11-28(29)34(42)39(35(38)43)22-25-13-16-26(17-14-25)33(41)36-20-19-24-15-18-30(44-2)31(21-24)45-3/h4-18,21H,19-20,22-23H2,1-3H3,(H,36,41). The van der Waals surface area contributed by atoms with Crippen LogP contribution in [0.1, 0.15) is 21.5 Å². The number of ether oxygens (including phenoxy) is 2. The molecular formula is C35H34N4O6. The van der Waals surface area contributed by atoms with Gasteiger partial charge in [0.25, 0.3) is 11.5 Å². The van der Waals surface area contributed by atoms with Crippen LogP contribution in [0.25, 0.3) is 10.9 Å². The zero-order valence-electron chi connectivity index (χ0n) is 25.4. The van der Waals surface area contributed by atoms with E-state index in [4.69, 9.17) is 9.47 Å². The maximum atomic E-state index is 13.7. The van der Waals surface area contributed by atoms with E-state index in [0.717, 1.165) is 10.1 Å². The molecule has 1 N–H and O–H groups in total. The Kier molecular flexibility index (Phi) is 9.43. The van der Waals surface area contributed by atoms with Gasteiger partial charge in [0.05, 0.1) is 31.7 Å². The minimum absolute atomic E-state index is 0.0214. The first-order chi connectivity index (χ1) is 21.8. The lowest BCUT2D eigenvalue weighted by molar-refractivity contribution is -0.118. The number of methoxy groups -OCH3 is 2. The van der Waals surface area contributed by atoms with Crippen LogP contribution in [0.5, 0.6) is 11.5 Å². The smallest absolute Gasteiger partial charge is 0.332 e. The minimum atomic E-state index is -0.592.